The van der Waals surface area contributed by atoms with Crippen molar-refractivity contribution in [2.75, 3.05) is 0 Å². The van der Waals surface area contributed by atoms with E-state index in [1.165, 1.54) is 0 Å². The molecule has 5 heteroatoms. The highest BCUT2D eigenvalue weighted by atomic mass is 16.7. The second-order valence-corrected chi connectivity index (χ2v) is 5.43. The highest BCUT2D eigenvalue weighted by Crippen LogP contribution is 2.33. The van der Waals surface area contributed by atoms with E-state index in [9.17, 15) is 4.79 Å². The van der Waals surface area contributed by atoms with Crippen LogP contribution in [0.15, 0.2) is 54.6 Å². The molecule has 24 heavy (non-hydrogen) atoms. The lowest BCUT2D eigenvalue weighted by Gasteiger charge is -2.05. The van der Waals surface area contributed by atoms with Crippen molar-refractivity contribution in [3.63, 3.8) is 0 Å². The molecular formula is C19H15N3O2. The van der Waals surface area contributed by atoms with Crippen molar-refractivity contribution in [1.29, 1.82) is 5.26 Å². The third-order valence-corrected chi connectivity index (χ3v) is 3.81. The van der Waals surface area contributed by atoms with Gasteiger partial charge in [-0.2, -0.15) is 11.2 Å². The molecule has 5 nitrogen and oxygen atoms in total. The molecule has 0 aliphatic carbocycles. The molecule has 3 N–H and O–H groups in total. The quantitative estimate of drug-likeness (QED) is 0.722. The molecule has 3 aromatic rings. The molecule has 0 spiro atoms. The van der Waals surface area contributed by atoms with Gasteiger partial charge in [-0.05, 0) is 36.2 Å². The van der Waals surface area contributed by atoms with Gasteiger partial charge in [0.15, 0.2) is 0 Å². The number of nitriles is 1. The number of rotatable bonds is 3. The van der Waals surface area contributed by atoms with E-state index >= 15 is 0 Å². The van der Waals surface area contributed by atoms with Crippen molar-refractivity contribution in [3.8, 4) is 28.5 Å². The fourth-order valence-corrected chi connectivity index (χ4v) is 2.53. The van der Waals surface area contributed by atoms with Gasteiger partial charge in [-0.1, -0.05) is 42.0 Å². The number of carbonyl (C=O) groups is 1. The summed E-state index contributed by atoms with van der Waals surface area (Å²) in [6.45, 7) is 2.01. The maximum absolute atomic E-state index is 11.8. The topological polar surface area (TPSA) is 91.9 Å². The number of benzene rings is 2. The fourth-order valence-electron chi connectivity index (χ4n) is 2.53. The van der Waals surface area contributed by atoms with Gasteiger partial charge in [0, 0.05) is 5.56 Å². The molecule has 0 saturated carbocycles. The Morgan fingerprint density at radius 3 is 2.29 bits per heavy atom. The summed E-state index contributed by atoms with van der Waals surface area (Å²) >= 11 is 0. The normalized spacial score (nSPS) is 10.2. The van der Waals surface area contributed by atoms with E-state index in [0.29, 0.717) is 5.56 Å². The van der Waals surface area contributed by atoms with E-state index in [2.05, 4.69) is 15.9 Å². The van der Waals surface area contributed by atoms with Gasteiger partial charge in [-0.3, -0.25) is 0 Å². The number of nitrogens with one attached hydrogen (secondary N) is 1. The number of nitrogens with zero attached hydrogens (tertiary/aromatic N) is 1. The number of aryl methyl sites for hydroxylation is 1. The predicted molar refractivity (Wildman–Crippen MR) is 90.7 cm³/mol. The first-order chi connectivity index (χ1) is 11.6. The molecule has 1 aromatic heterocycles. The van der Waals surface area contributed by atoms with Crippen LogP contribution >= 0.6 is 0 Å². The van der Waals surface area contributed by atoms with Crippen LogP contribution in [0, 0.1) is 18.3 Å². The predicted octanol–water partition coefficient (Wildman–Crippen LogP) is 3.56. The van der Waals surface area contributed by atoms with Crippen molar-refractivity contribution in [2.24, 2.45) is 5.90 Å². The third-order valence-electron chi connectivity index (χ3n) is 3.81. The summed E-state index contributed by atoms with van der Waals surface area (Å²) in [7, 11) is 0. The first-order valence-electron chi connectivity index (χ1n) is 7.34. The molecule has 0 unspecified atom stereocenters. The molecule has 0 saturated heterocycles. The summed E-state index contributed by atoms with van der Waals surface area (Å²) in [6.07, 6.45) is 0. The van der Waals surface area contributed by atoms with Gasteiger partial charge in [0.1, 0.15) is 5.69 Å². The lowest BCUT2D eigenvalue weighted by Crippen LogP contribution is -2.10. The molecule has 0 bridgehead atoms. The highest BCUT2D eigenvalue weighted by Gasteiger charge is 2.17. The minimum absolute atomic E-state index is 0.271. The number of nitrogens with two attached hydrogens (primary N) is 1. The van der Waals surface area contributed by atoms with Gasteiger partial charge in [-0.25, -0.2) is 4.79 Å². The Kier molecular flexibility index (Phi) is 4.15. The van der Waals surface area contributed by atoms with Gasteiger partial charge in [-0.15, -0.1) is 0 Å². The Labute approximate surface area is 139 Å². The van der Waals surface area contributed by atoms with Crippen LogP contribution in [0.3, 0.4) is 0 Å². The van der Waals surface area contributed by atoms with Gasteiger partial charge >= 0.3 is 5.97 Å². The highest BCUT2D eigenvalue weighted by molar-refractivity contribution is 5.93. The van der Waals surface area contributed by atoms with Crippen LogP contribution in [0.4, 0.5) is 0 Å². The zero-order valence-corrected chi connectivity index (χ0v) is 13.0. The van der Waals surface area contributed by atoms with E-state index in [1.54, 1.807) is 18.2 Å². The average molecular weight is 317 g/mol. The van der Waals surface area contributed by atoms with Crippen LogP contribution in [0.1, 0.15) is 21.6 Å². The monoisotopic (exact) mass is 317 g/mol. The van der Waals surface area contributed by atoms with E-state index in [4.69, 9.17) is 11.2 Å². The molecule has 1 heterocycles. The molecule has 2 aromatic carbocycles. The molecule has 3 rings (SSSR count). The summed E-state index contributed by atoms with van der Waals surface area (Å²) in [5.41, 5.74) is 5.45. The smallest absolute Gasteiger partial charge is 0.369 e. The largest absolute Gasteiger partial charge is 0.373 e. The molecule has 0 radical (unpaired) electrons. The van der Waals surface area contributed by atoms with Crippen molar-refractivity contribution in [2.45, 2.75) is 6.92 Å². The molecule has 0 fully saturated rings. The summed E-state index contributed by atoms with van der Waals surface area (Å²) in [4.78, 5) is 19.2. The SMILES string of the molecule is Cc1ccc(-c2[nH]c(C(=O)ON)cc2-c2ccc(C#N)cc2)cc1. The second kappa shape index (κ2) is 6.41. The number of carbonyl (C=O) groups excluding carboxylic acids is 1. The van der Waals surface area contributed by atoms with Gasteiger partial charge in [0.05, 0.1) is 17.3 Å². The molecular weight excluding hydrogens is 302 g/mol. The van der Waals surface area contributed by atoms with Crippen LogP contribution in [0.5, 0.6) is 0 Å². The van der Waals surface area contributed by atoms with Crippen molar-refractivity contribution in [3.05, 3.63) is 71.4 Å². The van der Waals surface area contributed by atoms with Crippen LogP contribution in [0.2, 0.25) is 0 Å². The minimum atomic E-state index is -0.636. The van der Waals surface area contributed by atoms with E-state index in [0.717, 1.165) is 27.9 Å². The van der Waals surface area contributed by atoms with Crippen LogP contribution in [0.25, 0.3) is 22.4 Å². The fraction of sp³-hybridized carbons (Fsp3) is 0.0526. The Morgan fingerprint density at radius 1 is 1.08 bits per heavy atom. The zero-order chi connectivity index (χ0) is 17.1. The van der Waals surface area contributed by atoms with Crippen molar-refractivity contribution in [1.82, 2.24) is 4.98 Å². The number of hydrogen-bond acceptors (Lipinski definition) is 4. The molecule has 0 atom stereocenters. The second-order valence-electron chi connectivity index (χ2n) is 5.43. The standard InChI is InChI=1S/C19H15N3O2/c1-12-2-6-15(7-3-12)18-16(10-17(22-18)19(23)24-21)14-8-4-13(11-20)5-9-14/h2-10,22H,21H2,1H3. The summed E-state index contributed by atoms with van der Waals surface area (Å²) < 4.78 is 0. The molecule has 118 valence electrons. The third kappa shape index (κ3) is 2.91. The number of H-pyrrole nitrogens is 1. The number of hydrogen-bond donors (Lipinski definition) is 2. The summed E-state index contributed by atoms with van der Waals surface area (Å²) in [5.74, 6) is 4.36. The van der Waals surface area contributed by atoms with Crippen molar-refractivity contribution >= 4 is 5.97 Å². The molecule has 0 aliphatic heterocycles. The van der Waals surface area contributed by atoms with Gasteiger partial charge < -0.3 is 9.82 Å². The van der Waals surface area contributed by atoms with E-state index < -0.39 is 5.97 Å². The Balaban J connectivity index is 2.15. The average Bonchev–Trinajstić information content (AvgIpc) is 3.07. The Morgan fingerprint density at radius 2 is 1.71 bits per heavy atom. The Hall–Kier alpha value is -3.36. The van der Waals surface area contributed by atoms with E-state index in [-0.39, 0.29) is 5.69 Å². The van der Waals surface area contributed by atoms with Crippen molar-refractivity contribution < 1.29 is 9.63 Å². The molecule has 0 aliphatic rings. The maximum Gasteiger partial charge on any atom is 0.373 e. The molecule has 0 amide bonds. The first-order valence-corrected chi connectivity index (χ1v) is 7.34. The van der Waals surface area contributed by atoms with Gasteiger partial charge in [0.2, 0.25) is 0 Å². The van der Waals surface area contributed by atoms with Crippen LogP contribution < -0.4 is 5.90 Å². The Bertz CT molecular complexity index is 917. The first kappa shape index (κ1) is 15.5. The summed E-state index contributed by atoms with van der Waals surface area (Å²) in [5, 5.41) is 8.94. The summed E-state index contributed by atoms with van der Waals surface area (Å²) in [6, 6.07) is 18.9. The number of aromatic amines is 1. The van der Waals surface area contributed by atoms with Crippen LogP contribution in [-0.4, -0.2) is 11.0 Å². The van der Waals surface area contributed by atoms with E-state index in [1.807, 2.05) is 43.3 Å². The van der Waals surface area contributed by atoms with Crippen LogP contribution in [-0.2, 0) is 4.84 Å². The lowest BCUT2D eigenvalue weighted by atomic mass is 10.00. The number of aromatic nitrogens is 1. The lowest BCUT2D eigenvalue weighted by molar-refractivity contribution is 0.0497. The zero-order valence-electron chi connectivity index (χ0n) is 13.0. The minimum Gasteiger partial charge on any atom is -0.369 e. The van der Waals surface area contributed by atoms with Gasteiger partial charge in [0.25, 0.3) is 0 Å². The maximum atomic E-state index is 11.8.